The summed E-state index contributed by atoms with van der Waals surface area (Å²) >= 11 is 0. The van der Waals surface area contributed by atoms with E-state index in [0.717, 1.165) is 11.1 Å². The van der Waals surface area contributed by atoms with Crippen LogP contribution in [0.4, 0.5) is 4.79 Å². The Morgan fingerprint density at radius 2 is 1.88 bits per heavy atom. The van der Waals surface area contributed by atoms with Crippen molar-refractivity contribution >= 4 is 12.0 Å². The fraction of sp³-hybridized carbons (Fsp3) is 0.421. The number of rotatable bonds is 8. The van der Waals surface area contributed by atoms with Crippen molar-refractivity contribution in [3.8, 4) is 0 Å². The van der Waals surface area contributed by atoms with E-state index >= 15 is 0 Å². The first-order chi connectivity index (χ1) is 12.5. The van der Waals surface area contributed by atoms with E-state index in [2.05, 4.69) is 15.7 Å². The van der Waals surface area contributed by atoms with Gasteiger partial charge < -0.3 is 15.4 Å². The highest BCUT2D eigenvalue weighted by Gasteiger charge is 2.24. The summed E-state index contributed by atoms with van der Waals surface area (Å²) in [4.78, 5) is 24.0. The standard InChI is InChI=1S/C19H26N4O3/c1-4-26-19(25)22-17(14(2)3)18(24)20-12-15-6-8-16(9-7-15)13-23-11-5-10-21-23/h5-11,14,17H,4,12-13H2,1-3H3,(H,20,24)(H,22,25). The predicted octanol–water partition coefficient (Wildman–Crippen LogP) is 2.32. The highest BCUT2D eigenvalue weighted by Crippen LogP contribution is 2.07. The summed E-state index contributed by atoms with van der Waals surface area (Å²) in [5.41, 5.74) is 2.12. The Hall–Kier alpha value is -2.83. The van der Waals surface area contributed by atoms with Crippen molar-refractivity contribution in [2.24, 2.45) is 5.92 Å². The van der Waals surface area contributed by atoms with Crippen LogP contribution < -0.4 is 10.6 Å². The lowest BCUT2D eigenvalue weighted by molar-refractivity contribution is -0.124. The Kier molecular flexibility index (Phi) is 7.20. The molecule has 7 heteroatoms. The Morgan fingerprint density at radius 1 is 1.19 bits per heavy atom. The van der Waals surface area contributed by atoms with Crippen molar-refractivity contribution in [3.05, 3.63) is 53.9 Å². The molecule has 2 aromatic rings. The Balaban J connectivity index is 1.87. The number of alkyl carbamates (subject to hydrolysis) is 1. The van der Waals surface area contributed by atoms with Gasteiger partial charge in [0.1, 0.15) is 6.04 Å². The fourth-order valence-electron chi connectivity index (χ4n) is 2.48. The van der Waals surface area contributed by atoms with Crippen molar-refractivity contribution in [1.82, 2.24) is 20.4 Å². The number of nitrogens with zero attached hydrogens (tertiary/aromatic N) is 2. The van der Waals surface area contributed by atoms with Gasteiger partial charge in [0.25, 0.3) is 0 Å². The molecule has 0 saturated heterocycles. The predicted molar refractivity (Wildman–Crippen MR) is 98.4 cm³/mol. The van der Waals surface area contributed by atoms with E-state index in [4.69, 9.17) is 4.74 Å². The first-order valence-electron chi connectivity index (χ1n) is 8.75. The third kappa shape index (κ3) is 5.91. The zero-order valence-corrected chi connectivity index (χ0v) is 15.4. The molecule has 0 aliphatic rings. The molecule has 0 radical (unpaired) electrons. The van der Waals surface area contributed by atoms with Crippen LogP contribution in [0, 0.1) is 5.92 Å². The van der Waals surface area contributed by atoms with Crippen LogP contribution in [0.1, 0.15) is 31.9 Å². The highest BCUT2D eigenvalue weighted by atomic mass is 16.5. The molecule has 1 heterocycles. The van der Waals surface area contributed by atoms with E-state index in [1.165, 1.54) is 0 Å². The average Bonchev–Trinajstić information content (AvgIpc) is 3.12. The Morgan fingerprint density at radius 3 is 2.46 bits per heavy atom. The number of amides is 2. The normalized spacial score (nSPS) is 11.8. The highest BCUT2D eigenvalue weighted by molar-refractivity contribution is 5.85. The average molecular weight is 358 g/mol. The van der Waals surface area contributed by atoms with Gasteiger partial charge >= 0.3 is 6.09 Å². The molecule has 0 aliphatic carbocycles. The SMILES string of the molecule is CCOC(=O)NC(C(=O)NCc1ccc(Cn2cccn2)cc1)C(C)C. The molecular weight excluding hydrogens is 332 g/mol. The molecule has 2 N–H and O–H groups in total. The third-order valence-corrected chi connectivity index (χ3v) is 3.89. The number of hydrogen-bond donors (Lipinski definition) is 2. The minimum Gasteiger partial charge on any atom is -0.450 e. The number of carbonyl (C=O) groups is 2. The lowest BCUT2D eigenvalue weighted by atomic mass is 10.0. The maximum Gasteiger partial charge on any atom is 0.407 e. The lowest BCUT2D eigenvalue weighted by Gasteiger charge is -2.21. The smallest absolute Gasteiger partial charge is 0.407 e. The van der Waals surface area contributed by atoms with E-state index in [9.17, 15) is 9.59 Å². The second-order valence-corrected chi connectivity index (χ2v) is 6.32. The molecule has 0 fully saturated rings. The van der Waals surface area contributed by atoms with Gasteiger partial charge in [0.05, 0.1) is 13.2 Å². The molecule has 26 heavy (non-hydrogen) atoms. The van der Waals surface area contributed by atoms with E-state index < -0.39 is 12.1 Å². The first-order valence-corrected chi connectivity index (χ1v) is 8.75. The van der Waals surface area contributed by atoms with Crippen LogP contribution in [0.25, 0.3) is 0 Å². The van der Waals surface area contributed by atoms with Gasteiger partial charge in [-0.1, -0.05) is 38.1 Å². The molecule has 1 aromatic carbocycles. The van der Waals surface area contributed by atoms with E-state index in [1.807, 2.05) is 55.1 Å². The third-order valence-electron chi connectivity index (χ3n) is 3.89. The van der Waals surface area contributed by atoms with Gasteiger partial charge in [0.15, 0.2) is 0 Å². The van der Waals surface area contributed by atoms with Crippen molar-refractivity contribution in [1.29, 1.82) is 0 Å². The van der Waals surface area contributed by atoms with Gasteiger partial charge in [-0.05, 0) is 30.0 Å². The molecule has 140 valence electrons. The van der Waals surface area contributed by atoms with Gasteiger partial charge in [0, 0.05) is 18.9 Å². The van der Waals surface area contributed by atoms with Crippen LogP contribution in [0.5, 0.6) is 0 Å². The second-order valence-electron chi connectivity index (χ2n) is 6.32. The summed E-state index contributed by atoms with van der Waals surface area (Å²) in [6, 6.07) is 9.23. The number of ether oxygens (including phenoxy) is 1. The first kappa shape index (κ1) is 19.5. The molecule has 1 atom stereocenters. The van der Waals surface area contributed by atoms with E-state index in [0.29, 0.717) is 13.1 Å². The van der Waals surface area contributed by atoms with Gasteiger partial charge in [0.2, 0.25) is 5.91 Å². The zero-order valence-electron chi connectivity index (χ0n) is 15.4. The van der Waals surface area contributed by atoms with Crippen molar-refractivity contribution in [2.45, 2.75) is 39.9 Å². The number of carbonyl (C=O) groups excluding carboxylic acids is 2. The maximum atomic E-state index is 12.4. The van der Waals surface area contributed by atoms with Gasteiger partial charge in [-0.2, -0.15) is 5.10 Å². The number of benzene rings is 1. The molecule has 1 aromatic heterocycles. The quantitative estimate of drug-likeness (QED) is 0.758. The molecular formula is C19H26N4O3. The monoisotopic (exact) mass is 358 g/mol. The van der Waals surface area contributed by atoms with Gasteiger partial charge in [-0.15, -0.1) is 0 Å². The van der Waals surface area contributed by atoms with Crippen LogP contribution in [0.3, 0.4) is 0 Å². The summed E-state index contributed by atoms with van der Waals surface area (Å²) in [6.45, 7) is 6.84. The molecule has 0 aliphatic heterocycles. The molecule has 7 nitrogen and oxygen atoms in total. The molecule has 0 spiro atoms. The zero-order chi connectivity index (χ0) is 18.9. The number of hydrogen-bond acceptors (Lipinski definition) is 4. The van der Waals surface area contributed by atoms with Crippen molar-refractivity contribution < 1.29 is 14.3 Å². The summed E-state index contributed by atoms with van der Waals surface area (Å²) in [7, 11) is 0. The molecule has 0 bridgehead atoms. The summed E-state index contributed by atoms with van der Waals surface area (Å²) in [5.74, 6) is -0.274. The van der Waals surface area contributed by atoms with Crippen LogP contribution in [-0.4, -0.2) is 34.4 Å². The van der Waals surface area contributed by atoms with Crippen LogP contribution in [0.15, 0.2) is 42.7 Å². The summed E-state index contributed by atoms with van der Waals surface area (Å²) < 4.78 is 6.71. The van der Waals surface area contributed by atoms with Crippen LogP contribution in [-0.2, 0) is 22.6 Å². The number of nitrogens with one attached hydrogen (secondary N) is 2. The lowest BCUT2D eigenvalue weighted by Crippen LogP contribution is -2.49. The molecule has 2 rings (SSSR count). The van der Waals surface area contributed by atoms with E-state index in [-0.39, 0.29) is 18.4 Å². The Bertz CT molecular complexity index is 696. The molecule has 2 amide bonds. The molecule has 1 unspecified atom stereocenters. The maximum absolute atomic E-state index is 12.4. The second kappa shape index (κ2) is 9.60. The van der Waals surface area contributed by atoms with Crippen LogP contribution >= 0.6 is 0 Å². The van der Waals surface area contributed by atoms with Crippen LogP contribution in [0.2, 0.25) is 0 Å². The minimum atomic E-state index is -0.631. The topological polar surface area (TPSA) is 85.2 Å². The summed E-state index contributed by atoms with van der Waals surface area (Å²) in [6.07, 6.45) is 3.08. The minimum absolute atomic E-state index is 0.0455. The van der Waals surface area contributed by atoms with Gasteiger partial charge in [-0.3, -0.25) is 9.48 Å². The van der Waals surface area contributed by atoms with Crippen molar-refractivity contribution in [3.63, 3.8) is 0 Å². The Labute approximate surface area is 153 Å². The van der Waals surface area contributed by atoms with E-state index in [1.54, 1.807) is 13.1 Å². The van der Waals surface area contributed by atoms with Gasteiger partial charge in [-0.25, -0.2) is 4.79 Å². The fourth-order valence-corrected chi connectivity index (χ4v) is 2.48. The largest absolute Gasteiger partial charge is 0.450 e. The summed E-state index contributed by atoms with van der Waals surface area (Å²) in [5, 5.41) is 9.65. The number of aromatic nitrogens is 2. The molecule has 0 saturated carbocycles. The van der Waals surface area contributed by atoms with Crippen molar-refractivity contribution in [2.75, 3.05) is 6.61 Å².